The molecule has 1 unspecified atom stereocenters. The number of alkyl halides is 3. The maximum Gasteiger partial charge on any atom is 0.436 e. The van der Waals surface area contributed by atoms with Crippen molar-refractivity contribution in [2.45, 2.75) is 12.3 Å². The van der Waals surface area contributed by atoms with E-state index in [-0.39, 0.29) is 28.1 Å². The van der Waals surface area contributed by atoms with Gasteiger partial charge in [-0.2, -0.15) is 23.5 Å². The van der Waals surface area contributed by atoms with Gasteiger partial charge in [-0.1, -0.05) is 36.4 Å². The molecule has 0 radical (unpaired) electrons. The molecule has 0 fully saturated rings. The Kier molecular flexibility index (Phi) is 7.09. The normalized spacial score (nSPS) is 12.1. The van der Waals surface area contributed by atoms with E-state index in [1.807, 2.05) is 6.07 Å². The number of benzene rings is 3. The van der Waals surface area contributed by atoms with Gasteiger partial charge in [0.1, 0.15) is 17.6 Å². The highest BCUT2D eigenvalue weighted by Crippen LogP contribution is 2.35. The number of carbonyl (C=O) groups excluding carboxylic acids is 1. The van der Waals surface area contributed by atoms with Gasteiger partial charge in [0.05, 0.1) is 20.9 Å². The highest BCUT2D eigenvalue weighted by molar-refractivity contribution is 14.1. The number of amides is 1. The van der Waals surface area contributed by atoms with E-state index in [4.69, 9.17) is 5.26 Å². The standard InChI is InChI=1S/C25H15F4IN4O2/c26-19-10-2-1-9-18(19)22(35)15-6-4-7-16(12-15)32-24(36)21-20(30)23(25(27,28)29)33-34(21)17-8-3-5-14(11-17)13-31/h1-12,22,35H,(H,32,36). The van der Waals surface area contributed by atoms with E-state index >= 15 is 0 Å². The van der Waals surface area contributed by atoms with Crippen molar-refractivity contribution in [2.75, 3.05) is 5.32 Å². The Balaban J connectivity index is 1.72. The van der Waals surface area contributed by atoms with Gasteiger partial charge in [0.2, 0.25) is 0 Å². The van der Waals surface area contributed by atoms with Crippen LogP contribution >= 0.6 is 22.6 Å². The van der Waals surface area contributed by atoms with Crippen molar-refractivity contribution in [2.24, 2.45) is 0 Å². The van der Waals surface area contributed by atoms with Crippen LogP contribution in [0.25, 0.3) is 5.69 Å². The summed E-state index contributed by atoms with van der Waals surface area (Å²) in [5.74, 6) is -1.51. The van der Waals surface area contributed by atoms with Crippen LogP contribution in [-0.4, -0.2) is 20.8 Å². The van der Waals surface area contributed by atoms with Crippen LogP contribution in [0.2, 0.25) is 0 Å². The van der Waals surface area contributed by atoms with Crippen molar-refractivity contribution in [3.05, 3.63) is 110 Å². The first-order chi connectivity index (χ1) is 17.1. The third kappa shape index (κ3) is 5.09. The van der Waals surface area contributed by atoms with Crippen molar-refractivity contribution >= 4 is 34.2 Å². The Bertz CT molecular complexity index is 1490. The summed E-state index contributed by atoms with van der Waals surface area (Å²) in [5, 5.41) is 25.9. The number of aliphatic hydroxyl groups excluding tert-OH is 1. The van der Waals surface area contributed by atoms with Crippen LogP contribution in [-0.2, 0) is 6.18 Å². The summed E-state index contributed by atoms with van der Waals surface area (Å²) in [5.41, 5.74) is -0.920. The zero-order chi connectivity index (χ0) is 26.0. The molecule has 1 heterocycles. The summed E-state index contributed by atoms with van der Waals surface area (Å²) in [6.07, 6.45) is -6.16. The molecule has 1 amide bonds. The Morgan fingerprint density at radius 3 is 2.50 bits per heavy atom. The van der Waals surface area contributed by atoms with Gasteiger partial charge >= 0.3 is 6.18 Å². The van der Waals surface area contributed by atoms with Crippen LogP contribution in [0.15, 0.2) is 72.8 Å². The molecule has 0 aliphatic carbocycles. The van der Waals surface area contributed by atoms with Gasteiger partial charge in [-0.25, -0.2) is 9.07 Å². The molecule has 4 rings (SSSR count). The summed E-state index contributed by atoms with van der Waals surface area (Å²) < 4.78 is 55.3. The number of rotatable bonds is 5. The van der Waals surface area contributed by atoms with Crippen LogP contribution in [0.1, 0.15) is 39.0 Å². The Hall–Kier alpha value is -3.76. The summed E-state index contributed by atoms with van der Waals surface area (Å²) in [7, 11) is 0. The maximum atomic E-state index is 14.1. The molecule has 1 atom stereocenters. The average molecular weight is 606 g/mol. The fraction of sp³-hybridized carbons (Fsp3) is 0.0800. The van der Waals surface area contributed by atoms with Gasteiger partial charge in [0.25, 0.3) is 5.91 Å². The number of hydrogen-bond acceptors (Lipinski definition) is 4. The topological polar surface area (TPSA) is 90.9 Å². The lowest BCUT2D eigenvalue weighted by molar-refractivity contribution is -0.142. The quantitative estimate of drug-likeness (QED) is 0.221. The number of anilines is 1. The molecule has 0 bridgehead atoms. The molecule has 182 valence electrons. The molecule has 0 aliphatic heterocycles. The van der Waals surface area contributed by atoms with Gasteiger partial charge in [-0.05, 0) is 64.6 Å². The molecule has 3 aromatic carbocycles. The smallest absolute Gasteiger partial charge is 0.384 e. The molecule has 2 N–H and O–H groups in total. The summed E-state index contributed by atoms with van der Waals surface area (Å²) >= 11 is 1.41. The molecular weight excluding hydrogens is 591 g/mol. The highest BCUT2D eigenvalue weighted by atomic mass is 127. The number of nitrogens with zero attached hydrogens (tertiary/aromatic N) is 3. The predicted octanol–water partition coefficient (Wildman–Crippen LogP) is 5.84. The van der Waals surface area contributed by atoms with E-state index in [0.717, 1.165) is 4.68 Å². The lowest BCUT2D eigenvalue weighted by Gasteiger charge is -2.14. The van der Waals surface area contributed by atoms with Crippen LogP contribution in [0, 0.1) is 20.7 Å². The molecule has 0 saturated carbocycles. The number of aliphatic hydroxyl groups is 1. The Labute approximate surface area is 215 Å². The van der Waals surface area contributed by atoms with Gasteiger partial charge in [-0.15, -0.1) is 0 Å². The van der Waals surface area contributed by atoms with E-state index in [0.29, 0.717) is 0 Å². The second-order valence-corrected chi connectivity index (χ2v) is 8.67. The van der Waals surface area contributed by atoms with E-state index < -0.39 is 39.0 Å². The number of halogens is 5. The average Bonchev–Trinajstić information content (AvgIpc) is 3.22. The van der Waals surface area contributed by atoms with Gasteiger partial charge in [0, 0.05) is 11.3 Å². The Morgan fingerprint density at radius 1 is 1.08 bits per heavy atom. The minimum absolute atomic E-state index is 0.0285. The molecule has 6 nitrogen and oxygen atoms in total. The maximum absolute atomic E-state index is 14.1. The molecule has 4 aromatic rings. The largest absolute Gasteiger partial charge is 0.436 e. The summed E-state index contributed by atoms with van der Waals surface area (Å²) in [4.78, 5) is 13.2. The lowest BCUT2D eigenvalue weighted by Crippen LogP contribution is -2.18. The molecule has 0 aliphatic rings. The van der Waals surface area contributed by atoms with Crippen LogP contribution in [0.3, 0.4) is 0 Å². The van der Waals surface area contributed by atoms with Crippen molar-refractivity contribution in [1.29, 1.82) is 5.26 Å². The second-order valence-electron chi connectivity index (χ2n) is 7.59. The minimum atomic E-state index is -4.83. The third-order valence-electron chi connectivity index (χ3n) is 5.19. The van der Waals surface area contributed by atoms with Gasteiger partial charge in [0.15, 0.2) is 5.69 Å². The molecule has 0 saturated heterocycles. The zero-order valence-corrected chi connectivity index (χ0v) is 20.2. The lowest BCUT2D eigenvalue weighted by atomic mass is 10.0. The first-order valence-electron chi connectivity index (χ1n) is 10.3. The summed E-state index contributed by atoms with van der Waals surface area (Å²) in [6.45, 7) is 0. The van der Waals surface area contributed by atoms with Gasteiger partial charge in [-0.3, -0.25) is 4.79 Å². The Morgan fingerprint density at radius 2 is 1.81 bits per heavy atom. The van der Waals surface area contributed by atoms with Crippen molar-refractivity contribution in [3.63, 3.8) is 0 Å². The summed E-state index contributed by atoms with van der Waals surface area (Å²) in [6, 6.07) is 19.1. The van der Waals surface area contributed by atoms with Crippen molar-refractivity contribution in [3.8, 4) is 11.8 Å². The van der Waals surface area contributed by atoms with E-state index in [9.17, 15) is 27.5 Å². The molecular formula is C25H15F4IN4O2. The van der Waals surface area contributed by atoms with Gasteiger partial charge < -0.3 is 10.4 Å². The fourth-order valence-electron chi connectivity index (χ4n) is 3.52. The van der Waals surface area contributed by atoms with Crippen LogP contribution in [0.5, 0.6) is 0 Å². The van der Waals surface area contributed by atoms with Crippen molar-refractivity contribution in [1.82, 2.24) is 9.78 Å². The second kappa shape index (κ2) is 10.1. The van der Waals surface area contributed by atoms with Crippen molar-refractivity contribution < 1.29 is 27.5 Å². The van der Waals surface area contributed by atoms with E-state index in [1.54, 1.807) is 6.07 Å². The van der Waals surface area contributed by atoms with Crippen LogP contribution in [0.4, 0.5) is 23.2 Å². The number of nitriles is 1. The number of hydrogen-bond donors (Lipinski definition) is 2. The van der Waals surface area contributed by atoms with Crippen LogP contribution < -0.4 is 5.32 Å². The molecule has 36 heavy (non-hydrogen) atoms. The monoisotopic (exact) mass is 606 g/mol. The zero-order valence-electron chi connectivity index (χ0n) is 18.1. The predicted molar refractivity (Wildman–Crippen MR) is 131 cm³/mol. The number of carbonyl (C=O) groups is 1. The number of aromatic nitrogens is 2. The number of nitrogens with one attached hydrogen (secondary N) is 1. The highest BCUT2D eigenvalue weighted by Gasteiger charge is 2.40. The first kappa shape index (κ1) is 25.3. The first-order valence-corrected chi connectivity index (χ1v) is 11.4. The SMILES string of the molecule is N#Cc1cccc(-n2nc(C(F)(F)F)c(I)c2C(=O)Nc2cccc(C(O)c3ccccc3F)c2)c1. The van der Waals surface area contributed by atoms with E-state index in [1.165, 1.54) is 89.3 Å². The van der Waals surface area contributed by atoms with E-state index in [2.05, 4.69) is 10.4 Å². The molecule has 0 spiro atoms. The third-order valence-corrected chi connectivity index (χ3v) is 6.21. The fourth-order valence-corrected chi connectivity index (χ4v) is 4.41. The molecule has 1 aromatic heterocycles. The molecule has 11 heteroatoms. The minimum Gasteiger partial charge on any atom is -0.384 e.